The zero-order valence-electron chi connectivity index (χ0n) is 23.3. The first-order valence-corrected chi connectivity index (χ1v) is 14.0. The number of hydrogen-bond acceptors (Lipinski definition) is 4. The Kier molecular flexibility index (Phi) is 11.3. The van der Waals surface area contributed by atoms with Crippen LogP contribution in [0.3, 0.4) is 0 Å². The summed E-state index contributed by atoms with van der Waals surface area (Å²) in [7, 11) is 0. The molecule has 3 rings (SSSR count). The molecule has 1 atom stereocenters. The molecule has 0 bridgehead atoms. The number of ether oxygens (including phenoxy) is 4. The van der Waals surface area contributed by atoms with Gasteiger partial charge < -0.3 is 18.9 Å². The third-order valence-corrected chi connectivity index (χ3v) is 7.69. The van der Waals surface area contributed by atoms with Crippen LogP contribution in [0.1, 0.15) is 94.4 Å². The van der Waals surface area contributed by atoms with E-state index >= 15 is 0 Å². The SMILES string of the molecule is CCOCc1cc(C2CCCCC2)cc(COCC)c1OCCOc1ccc(C(C)(CC)C(F)(F)F)cc1. The molecular weight excluding hydrogens is 493 g/mol. The Hall–Kier alpha value is -2.25. The lowest BCUT2D eigenvalue weighted by Crippen LogP contribution is -2.38. The van der Waals surface area contributed by atoms with E-state index in [1.807, 2.05) is 13.8 Å². The molecule has 38 heavy (non-hydrogen) atoms. The summed E-state index contributed by atoms with van der Waals surface area (Å²) in [4.78, 5) is 0. The van der Waals surface area contributed by atoms with E-state index in [1.54, 1.807) is 19.1 Å². The number of hydrogen-bond donors (Lipinski definition) is 0. The summed E-state index contributed by atoms with van der Waals surface area (Å²) in [5.41, 5.74) is 1.71. The minimum atomic E-state index is -4.32. The van der Waals surface area contributed by atoms with Crippen LogP contribution in [0.15, 0.2) is 36.4 Å². The third-order valence-electron chi connectivity index (χ3n) is 7.69. The van der Waals surface area contributed by atoms with E-state index in [2.05, 4.69) is 12.1 Å². The summed E-state index contributed by atoms with van der Waals surface area (Å²) >= 11 is 0. The van der Waals surface area contributed by atoms with Crippen molar-refractivity contribution in [3.05, 3.63) is 58.7 Å². The van der Waals surface area contributed by atoms with Gasteiger partial charge in [-0.3, -0.25) is 0 Å². The fraction of sp³-hybridized carbons (Fsp3) is 0.613. The van der Waals surface area contributed by atoms with Crippen molar-refractivity contribution in [3.8, 4) is 11.5 Å². The van der Waals surface area contributed by atoms with Gasteiger partial charge in [0.25, 0.3) is 0 Å². The van der Waals surface area contributed by atoms with Crippen LogP contribution in [0.5, 0.6) is 11.5 Å². The molecule has 1 unspecified atom stereocenters. The highest BCUT2D eigenvalue weighted by Crippen LogP contribution is 2.43. The van der Waals surface area contributed by atoms with E-state index in [0.717, 1.165) is 16.9 Å². The van der Waals surface area contributed by atoms with E-state index in [-0.39, 0.29) is 25.2 Å². The molecule has 0 spiro atoms. The second kappa shape index (κ2) is 14.2. The minimum absolute atomic E-state index is 0.0295. The Bertz CT molecular complexity index is 955. The van der Waals surface area contributed by atoms with E-state index < -0.39 is 11.6 Å². The maximum atomic E-state index is 13.6. The Balaban J connectivity index is 1.70. The van der Waals surface area contributed by atoms with E-state index in [1.165, 1.54) is 56.7 Å². The largest absolute Gasteiger partial charge is 0.490 e. The van der Waals surface area contributed by atoms with Crippen LogP contribution in [-0.2, 0) is 28.1 Å². The van der Waals surface area contributed by atoms with Gasteiger partial charge in [0, 0.05) is 24.3 Å². The van der Waals surface area contributed by atoms with Gasteiger partial charge in [0.05, 0.1) is 18.6 Å². The first-order valence-electron chi connectivity index (χ1n) is 14.0. The van der Waals surface area contributed by atoms with Gasteiger partial charge in [-0.15, -0.1) is 0 Å². The molecule has 0 amide bonds. The molecule has 4 nitrogen and oxygen atoms in total. The molecule has 1 aliphatic carbocycles. The predicted molar refractivity (Wildman–Crippen MR) is 144 cm³/mol. The van der Waals surface area contributed by atoms with Crippen LogP contribution in [0, 0.1) is 0 Å². The maximum Gasteiger partial charge on any atom is 0.398 e. The van der Waals surface area contributed by atoms with E-state index in [9.17, 15) is 13.2 Å². The van der Waals surface area contributed by atoms with Crippen LogP contribution in [0.25, 0.3) is 0 Å². The number of benzene rings is 2. The van der Waals surface area contributed by atoms with Crippen molar-refractivity contribution in [1.29, 1.82) is 0 Å². The van der Waals surface area contributed by atoms with Crippen LogP contribution in [-0.4, -0.2) is 32.6 Å². The molecule has 0 aromatic heterocycles. The maximum absolute atomic E-state index is 13.6. The van der Waals surface area contributed by atoms with Gasteiger partial charge in [-0.1, -0.05) is 38.3 Å². The summed E-state index contributed by atoms with van der Waals surface area (Å²) < 4.78 is 64.4. The minimum Gasteiger partial charge on any atom is -0.490 e. The van der Waals surface area contributed by atoms with Gasteiger partial charge in [0.1, 0.15) is 24.7 Å². The van der Waals surface area contributed by atoms with Gasteiger partial charge in [-0.05, 0) is 81.3 Å². The molecule has 0 saturated heterocycles. The Morgan fingerprint density at radius 1 is 0.789 bits per heavy atom. The number of halogens is 3. The third kappa shape index (κ3) is 7.66. The van der Waals surface area contributed by atoms with Crippen molar-refractivity contribution in [2.24, 2.45) is 0 Å². The van der Waals surface area contributed by atoms with Crippen molar-refractivity contribution in [2.75, 3.05) is 26.4 Å². The average molecular weight is 537 g/mol. The van der Waals surface area contributed by atoms with Crippen molar-refractivity contribution < 1.29 is 32.1 Å². The first kappa shape index (κ1) is 30.3. The lowest BCUT2D eigenvalue weighted by molar-refractivity contribution is -0.186. The predicted octanol–water partition coefficient (Wildman–Crippen LogP) is 8.50. The molecular formula is C31H43F3O4. The molecule has 1 saturated carbocycles. The summed E-state index contributed by atoms with van der Waals surface area (Å²) in [6.45, 7) is 9.43. The fourth-order valence-electron chi connectivity index (χ4n) is 5.07. The zero-order valence-corrected chi connectivity index (χ0v) is 23.3. The topological polar surface area (TPSA) is 36.9 Å². The Morgan fingerprint density at radius 2 is 1.34 bits per heavy atom. The normalized spacial score (nSPS) is 16.3. The number of alkyl halides is 3. The molecule has 7 heteroatoms. The highest BCUT2D eigenvalue weighted by molar-refractivity contribution is 5.45. The van der Waals surface area contributed by atoms with E-state index in [4.69, 9.17) is 18.9 Å². The monoisotopic (exact) mass is 536 g/mol. The van der Waals surface area contributed by atoms with Gasteiger partial charge in [0.15, 0.2) is 0 Å². The molecule has 2 aromatic rings. The molecule has 0 aliphatic heterocycles. The summed E-state index contributed by atoms with van der Waals surface area (Å²) in [5.74, 6) is 1.83. The highest BCUT2D eigenvalue weighted by atomic mass is 19.4. The molecule has 0 N–H and O–H groups in total. The van der Waals surface area contributed by atoms with Crippen LogP contribution < -0.4 is 9.47 Å². The van der Waals surface area contributed by atoms with Crippen molar-refractivity contribution >= 4 is 0 Å². The first-order chi connectivity index (χ1) is 18.2. The molecule has 0 radical (unpaired) electrons. The molecule has 0 heterocycles. The van der Waals surface area contributed by atoms with Gasteiger partial charge in [0.2, 0.25) is 0 Å². The fourth-order valence-corrected chi connectivity index (χ4v) is 5.07. The van der Waals surface area contributed by atoms with Gasteiger partial charge in [-0.25, -0.2) is 0 Å². The van der Waals surface area contributed by atoms with Crippen molar-refractivity contribution in [1.82, 2.24) is 0 Å². The quantitative estimate of drug-likeness (QED) is 0.227. The molecule has 2 aromatic carbocycles. The van der Waals surface area contributed by atoms with Crippen LogP contribution >= 0.6 is 0 Å². The second-order valence-corrected chi connectivity index (χ2v) is 10.2. The van der Waals surface area contributed by atoms with Gasteiger partial charge in [-0.2, -0.15) is 13.2 Å². The van der Waals surface area contributed by atoms with Crippen LogP contribution in [0.2, 0.25) is 0 Å². The van der Waals surface area contributed by atoms with E-state index in [0.29, 0.717) is 38.1 Å². The molecule has 1 fully saturated rings. The Labute approximate surface area is 225 Å². The van der Waals surface area contributed by atoms with Crippen LogP contribution in [0.4, 0.5) is 13.2 Å². The molecule has 1 aliphatic rings. The lowest BCUT2D eigenvalue weighted by atomic mass is 9.79. The van der Waals surface area contributed by atoms with Crippen molar-refractivity contribution in [2.45, 2.75) is 96.9 Å². The summed E-state index contributed by atoms with van der Waals surface area (Å²) in [6.07, 6.45) is 1.89. The van der Waals surface area contributed by atoms with Gasteiger partial charge >= 0.3 is 6.18 Å². The molecule has 212 valence electrons. The summed E-state index contributed by atoms with van der Waals surface area (Å²) in [6, 6.07) is 10.6. The second-order valence-electron chi connectivity index (χ2n) is 10.2. The van der Waals surface area contributed by atoms with Crippen molar-refractivity contribution in [3.63, 3.8) is 0 Å². The Morgan fingerprint density at radius 3 is 1.84 bits per heavy atom. The average Bonchev–Trinajstić information content (AvgIpc) is 2.93. The summed E-state index contributed by atoms with van der Waals surface area (Å²) in [5, 5.41) is 0. The highest BCUT2D eigenvalue weighted by Gasteiger charge is 2.50. The smallest absolute Gasteiger partial charge is 0.398 e. The standard InChI is InChI=1S/C31H43F3O4/c1-5-30(4,31(32,33)34)27-13-15-28(16-14-27)37-17-18-38-29-25(21-35-6-2)19-24(20-26(29)22-36-7-3)23-11-9-8-10-12-23/h13-16,19-20,23H,5-12,17-18,21-22H2,1-4H3. The lowest BCUT2D eigenvalue weighted by Gasteiger charge is -2.31. The zero-order chi connectivity index (χ0) is 27.6. The number of rotatable bonds is 14.